The lowest BCUT2D eigenvalue weighted by atomic mass is 9.90. The van der Waals surface area contributed by atoms with Gasteiger partial charge in [-0.1, -0.05) is 45.2 Å². The molecule has 0 bridgehead atoms. The number of benzene rings is 2. The number of hydrogen-bond acceptors (Lipinski definition) is 5. The van der Waals surface area contributed by atoms with Crippen LogP contribution in [-0.4, -0.2) is 42.0 Å². The number of carbonyl (C=O) groups is 2. The highest BCUT2D eigenvalue weighted by Gasteiger charge is 2.48. The maximum absolute atomic E-state index is 13.4. The van der Waals surface area contributed by atoms with Gasteiger partial charge in [0.15, 0.2) is 0 Å². The van der Waals surface area contributed by atoms with Crippen molar-refractivity contribution in [3.8, 4) is 11.5 Å². The Balaban J connectivity index is 1.87. The zero-order valence-corrected chi connectivity index (χ0v) is 20.3. The maximum Gasteiger partial charge on any atom is 0.295 e. The number of ketones is 1. The van der Waals surface area contributed by atoms with Crippen molar-refractivity contribution < 1.29 is 24.2 Å². The molecule has 0 spiro atoms. The van der Waals surface area contributed by atoms with E-state index < -0.39 is 17.7 Å². The van der Waals surface area contributed by atoms with Gasteiger partial charge in [-0.05, 0) is 60.2 Å². The molecule has 180 valence electrons. The molecule has 34 heavy (non-hydrogen) atoms. The summed E-state index contributed by atoms with van der Waals surface area (Å²) >= 11 is 0. The van der Waals surface area contributed by atoms with Gasteiger partial charge in [-0.3, -0.25) is 9.59 Å². The molecule has 6 heteroatoms. The highest BCUT2D eigenvalue weighted by atomic mass is 16.5. The molecule has 1 saturated heterocycles. The predicted octanol–water partition coefficient (Wildman–Crippen LogP) is 5.58. The maximum atomic E-state index is 13.4. The summed E-state index contributed by atoms with van der Waals surface area (Å²) in [4.78, 5) is 28.4. The Bertz CT molecular complexity index is 1100. The lowest BCUT2D eigenvalue weighted by molar-refractivity contribution is -0.141. The summed E-state index contributed by atoms with van der Waals surface area (Å²) in [6, 6.07) is 12.1. The Hall–Kier alpha value is -3.28. The first kappa shape index (κ1) is 23.9. The molecule has 0 aromatic heterocycles. The van der Waals surface area contributed by atoms with Crippen molar-refractivity contribution in [2.24, 2.45) is 0 Å². The van der Waals surface area contributed by atoms with Crippen molar-refractivity contribution in [2.75, 3.05) is 14.2 Å². The van der Waals surface area contributed by atoms with Crippen molar-refractivity contribution in [2.45, 2.75) is 64.0 Å². The van der Waals surface area contributed by atoms with Gasteiger partial charge in [0.25, 0.3) is 11.7 Å². The molecule has 1 atom stereocenters. The SMILES string of the molecule is COc1ccc(C2/C(=C(/O)c3ccc(OC)c(C(C)C)c3)C(=O)C(=O)N2C2CCCCC2)cc1. The zero-order chi connectivity index (χ0) is 24.4. The molecular formula is C28H33NO5. The Kier molecular flexibility index (Phi) is 6.96. The Morgan fingerprint density at radius 1 is 0.971 bits per heavy atom. The number of aliphatic hydroxyl groups excluding tert-OH is 1. The number of rotatable bonds is 6. The van der Waals surface area contributed by atoms with Crippen LogP contribution in [0.5, 0.6) is 11.5 Å². The van der Waals surface area contributed by atoms with E-state index in [2.05, 4.69) is 0 Å². The van der Waals surface area contributed by atoms with E-state index in [0.29, 0.717) is 11.3 Å². The van der Waals surface area contributed by atoms with Gasteiger partial charge in [-0.25, -0.2) is 0 Å². The van der Waals surface area contributed by atoms with E-state index >= 15 is 0 Å². The summed E-state index contributed by atoms with van der Waals surface area (Å²) in [6.45, 7) is 4.09. The quantitative estimate of drug-likeness (QED) is 0.344. The van der Waals surface area contributed by atoms with Gasteiger partial charge in [-0.15, -0.1) is 0 Å². The number of aliphatic hydroxyl groups is 1. The second-order valence-electron chi connectivity index (χ2n) is 9.38. The first-order valence-corrected chi connectivity index (χ1v) is 12.0. The highest BCUT2D eigenvalue weighted by molar-refractivity contribution is 6.46. The van der Waals surface area contributed by atoms with Crippen LogP contribution in [0.25, 0.3) is 5.76 Å². The lowest BCUT2D eigenvalue weighted by Crippen LogP contribution is -2.40. The molecule has 1 N–H and O–H groups in total. The third-order valence-electron chi connectivity index (χ3n) is 7.00. The van der Waals surface area contributed by atoms with E-state index in [1.54, 1.807) is 31.3 Å². The van der Waals surface area contributed by atoms with E-state index in [0.717, 1.165) is 49.0 Å². The zero-order valence-electron chi connectivity index (χ0n) is 20.3. The van der Waals surface area contributed by atoms with Crippen LogP contribution in [0.15, 0.2) is 48.0 Å². The average molecular weight is 464 g/mol. The van der Waals surface area contributed by atoms with Gasteiger partial charge in [0.1, 0.15) is 17.3 Å². The smallest absolute Gasteiger partial charge is 0.295 e. The van der Waals surface area contributed by atoms with E-state index in [4.69, 9.17) is 9.47 Å². The number of Topliss-reactive ketones (excluding diaryl/α,β-unsaturated/α-hetero) is 1. The molecule has 2 fully saturated rings. The Morgan fingerprint density at radius 3 is 2.24 bits per heavy atom. The van der Waals surface area contributed by atoms with Crippen LogP contribution in [0, 0.1) is 0 Å². The van der Waals surface area contributed by atoms with Gasteiger partial charge in [0.2, 0.25) is 0 Å². The first-order chi connectivity index (χ1) is 16.4. The molecule has 1 unspecified atom stereocenters. The van der Waals surface area contributed by atoms with Crippen molar-refractivity contribution in [1.82, 2.24) is 4.90 Å². The third kappa shape index (κ3) is 4.29. The second kappa shape index (κ2) is 9.92. The minimum absolute atomic E-state index is 0.0234. The van der Waals surface area contributed by atoms with Gasteiger partial charge >= 0.3 is 0 Å². The van der Waals surface area contributed by atoms with Crippen LogP contribution in [-0.2, 0) is 9.59 Å². The minimum Gasteiger partial charge on any atom is -0.507 e. The van der Waals surface area contributed by atoms with Crippen LogP contribution in [0.2, 0.25) is 0 Å². The van der Waals surface area contributed by atoms with Crippen molar-refractivity contribution in [1.29, 1.82) is 0 Å². The number of amides is 1. The summed E-state index contributed by atoms with van der Waals surface area (Å²) in [5.74, 6) is 0.250. The van der Waals surface area contributed by atoms with Gasteiger partial charge in [0.05, 0.1) is 25.8 Å². The predicted molar refractivity (Wildman–Crippen MR) is 131 cm³/mol. The molecule has 6 nitrogen and oxygen atoms in total. The summed E-state index contributed by atoms with van der Waals surface area (Å²) < 4.78 is 10.8. The largest absolute Gasteiger partial charge is 0.507 e. The van der Waals surface area contributed by atoms with Gasteiger partial charge in [0, 0.05) is 11.6 Å². The fourth-order valence-corrected chi connectivity index (χ4v) is 5.19. The van der Waals surface area contributed by atoms with Crippen LogP contribution < -0.4 is 9.47 Å². The summed E-state index contributed by atoms with van der Waals surface area (Å²) in [6.07, 6.45) is 4.91. The fraction of sp³-hybridized carbons (Fsp3) is 0.429. The number of ether oxygens (including phenoxy) is 2. The fourth-order valence-electron chi connectivity index (χ4n) is 5.19. The van der Waals surface area contributed by atoms with Crippen molar-refractivity contribution >= 4 is 17.4 Å². The summed E-state index contributed by atoms with van der Waals surface area (Å²) in [5.41, 5.74) is 2.35. The molecule has 2 aromatic rings. The number of methoxy groups -OCH3 is 2. The molecule has 1 heterocycles. The molecule has 1 saturated carbocycles. The molecule has 2 aromatic carbocycles. The average Bonchev–Trinajstić information content (AvgIpc) is 3.13. The van der Waals surface area contributed by atoms with Crippen LogP contribution in [0.3, 0.4) is 0 Å². The van der Waals surface area contributed by atoms with Crippen LogP contribution in [0.1, 0.15) is 74.6 Å². The molecule has 0 radical (unpaired) electrons. The number of nitrogens with zero attached hydrogens (tertiary/aromatic N) is 1. The second-order valence-corrected chi connectivity index (χ2v) is 9.38. The summed E-state index contributed by atoms with van der Waals surface area (Å²) in [5, 5.41) is 11.4. The Morgan fingerprint density at radius 2 is 1.65 bits per heavy atom. The van der Waals surface area contributed by atoms with Crippen LogP contribution in [0.4, 0.5) is 0 Å². The van der Waals surface area contributed by atoms with E-state index in [9.17, 15) is 14.7 Å². The van der Waals surface area contributed by atoms with E-state index in [1.807, 2.05) is 44.2 Å². The molecule has 1 aliphatic carbocycles. The lowest BCUT2D eigenvalue weighted by Gasteiger charge is -2.35. The molecule has 1 aliphatic heterocycles. The van der Waals surface area contributed by atoms with Crippen molar-refractivity contribution in [3.05, 3.63) is 64.7 Å². The minimum atomic E-state index is -0.640. The van der Waals surface area contributed by atoms with Gasteiger partial charge in [-0.2, -0.15) is 0 Å². The first-order valence-electron chi connectivity index (χ1n) is 12.0. The van der Waals surface area contributed by atoms with Gasteiger partial charge < -0.3 is 19.5 Å². The molecular weight excluding hydrogens is 430 g/mol. The molecule has 4 rings (SSSR count). The monoisotopic (exact) mass is 463 g/mol. The number of hydrogen-bond donors (Lipinski definition) is 1. The molecule has 2 aliphatic rings. The normalized spacial score (nSPS) is 20.7. The third-order valence-corrected chi connectivity index (χ3v) is 7.00. The van der Waals surface area contributed by atoms with Crippen LogP contribution >= 0.6 is 0 Å². The highest BCUT2D eigenvalue weighted by Crippen LogP contribution is 2.43. The topological polar surface area (TPSA) is 76.1 Å². The number of carbonyl (C=O) groups excluding carboxylic acids is 2. The Labute approximate surface area is 201 Å². The standard InChI is InChI=1S/C28H33NO5/c1-17(2)22-16-19(12-15-23(22)34-4)26(30)24-25(18-10-13-21(33-3)14-11-18)29(28(32)27(24)31)20-8-6-5-7-9-20/h10-17,20,25,30H,5-9H2,1-4H3/b26-24-. The van der Waals surface area contributed by atoms with Crippen molar-refractivity contribution in [3.63, 3.8) is 0 Å². The van der Waals surface area contributed by atoms with E-state index in [-0.39, 0.29) is 23.3 Å². The van der Waals surface area contributed by atoms with E-state index in [1.165, 1.54) is 0 Å². The summed E-state index contributed by atoms with van der Waals surface area (Å²) in [7, 11) is 3.21. The number of likely N-dealkylation sites (tertiary alicyclic amines) is 1. The molecule has 1 amide bonds.